The van der Waals surface area contributed by atoms with E-state index in [0.717, 1.165) is 0 Å². The lowest BCUT2D eigenvalue weighted by Gasteiger charge is -2.04. The van der Waals surface area contributed by atoms with Crippen molar-refractivity contribution in [3.63, 3.8) is 0 Å². The molecule has 0 saturated heterocycles. The largest absolute Gasteiger partial charge is 0.329 e. The van der Waals surface area contributed by atoms with Gasteiger partial charge in [0, 0.05) is 0 Å². The van der Waals surface area contributed by atoms with Gasteiger partial charge >= 0.3 is 18.8 Å². The van der Waals surface area contributed by atoms with Gasteiger partial charge in [-0.15, -0.1) is 0 Å². The van der Waals surface area contributed by atoms with Gasteiger partial charge in [-0.3, -0.25) is 4.52 Å². The summed E-state index contributed by atoms with van der Waals surface area (Å²) in [6.45, 7) is -0.626. The van der Waals surface area contributed by atoms with Crippen LogP contribution in [0.4, 0.5) is 0 Å². The summed E-state index contributed by atoms with van der Waals surface area (Å²) < 4.78 is 41.3. The van der Waals surface area contributed by atoms with E-state index in [1.54, 1.807) is 6.07 Å². The fourth-order valence-electron chi connectivity index (χ4n) is 0.817. The van der Waals surface area contributed by atoms with Gasteiger partial charge in [0.1, 0.15) is 4.90 Å². The van der Waals surface area contributed by atoms with E-state index in [-0.39, 0.29) is 9.92 Å². The second-order valence-corrected chi connectivity index (χ2v) is 4.72. The molecule has 0 unspecified atom stereocenters. The first-order valence-electron chi connectivity index (χ1n) is 3.66. The van der Waals surface area contributed by atoms with Crippen molar-refractivity contribution in [2.45, 2.75) is 4.90 Å². The number of benzene rings is 1. The van der Waals surface area contributed by atoms with Crippen LogP contribution in [0, 0.1) is 0 Å². The summed E-state index contributed by atoms with van der Waals surface area (Å²) in [5, 5.41) is 0.0529. The molecule has 0 spiro atoms. The Hall–Kier alpha value is -0.520. The highest BCUT2D eigenvalue weighted by molar-refractivity contribution is 7.86. The molecule has 0 aliphatic heterocycles. The topological polar surface area (TPSA) is 69.7 Å². The number of hydrogen-bond acceptors (Lipinski definition) is 5. The van der Waals surface area contributed by atoms with Crippen LogP contribution in [-0.2, 0) is 23.4 Å². The maximum atomic E-state index is 11.4. The lowest BCUT2D eigenvalue weighted by molar-refractivity contribution is 0.140. The molecule has 1 aromatic rings. The van der Waals surface area contributed by atoms with Gasteiger partial charge in [-0.05, 0) is 12.1 Å². The third-order valence-corrected chi connectivity index (χ3v) is 3.37. The summed E-state index contributed by atoms with van der Waals surface area (Å²) in [6, 6.07) is 5.82. The van der Waals surface area contributed by atoms with Crippen molar-refractivity contribution in [1.82, 2.24) is 0 Å². The van der Waals surface area contributed by atoms with Crippen molar-refractivity contribution < 1.29 is 21.7 Å². The summed E-state index contributed by atoms with van der Waals surface area (Å²) in [5.41, 5.74) is 0. The van der Waals surface area contributed by atoms with Crippen LogP contribution in [0.5, 0.6) is 0 Å². The molecule has 0 aliphatic carbocycles. The Kier molecular flexibility index (Phi) is 4.63. The predicted molar refractivity (Wildman–Crippen MR) is 53.3 cm³/mol. The molecule has 1 aromatic carbocycles. The van der Waals surface area contributed by atoms with Crippen LogP contribution in [0.1, 0.15) is 0 Å². The molecule has 82 valence electrons. The van der Waals surface area contributed by atoms with E-state index in [9.17, 15) is 13.0 Å². The van der Waals surface area contributed by atoms with Gasteiger partial charge < -0.3 is 0 Å². The Bertz CT molecular complexity index is 446. The van der Waals surface area contributed by atoms with Gasteiger partial charge in [0.05, 0.1) is 5.02 Å². The van der Waals surface area contributed by atoms with Gasteiger partial charge in [-0.2, -0.15) is 8.42 Å². The van der Waals surface area contributed by atoms with Crippen molar-refractivity contribution >= 4 is 30.4 Å². The number of halogens is 1. The van der Waals surface area contributed by atoms with Crippen molar-refractivity contribution in [1.29, 1.82) is 0 Å². The zero-order valence-corrected chi connectivity index (χ0v) is 9.76. The van der Waals surface area contributed by atoms with E-state index in [0.29, 0.717) is 0 Å². The minimum atomic E-state index is -3.96. The molecule has 0 fully saturated rings. The normalized spacial score (nSPS) is 11.8. The second-order valence-electron chi connectivity index (χ2n) is 2.32. The maximum absolute atomic E-state index is 11.4. The molecule has 5 nitrogen and oxygen atoms in total. The molecule has 0 radical (unpaired) electrons. The van der Waals surface area contributed by atoms with E-state index in [4.69, 9.17) is 11.6 Å². The highest BCUT2D eigenvalue weighted by Crippen LogP contribution is 2.22. The third-order valence-electron chi connectivity index (χ3n) is 1.41. The summed E-state index contributed by atoms with van der Waals surface area (Å²) in [7, 11) is -4.62. The molecule has 0 aromatic heterocycles. The molecule has 1 rings (SSSR count). The van der Waals surface area contributed by atoms with E-state index in [1.165, 1.54) is 18.2 Å². The lowest BCUT2D eigenvalue weighted by Crippen LogP contribution is -2.08. The van der Waals surface area contributed by atoms with E-state index >= 15 is 0 Å². The Labute approximate surface area is 93.4 Å². The standard InChI is InChI=1S/C7H6ClO5PS/c8-6-3-1-2-4-7(6)15(10,11)13-5-12-14-9/h1-4H,5H2. The van der Waals surface area contributed by atoms with Crippen LogP contribution in [0.2, 0.25) is 5.02 Å². The monoisotopic (exact) mass is 268 g/mol. The van der Waals surface area contributed by atoms with Crippen LogP contribution in [-0.4, -0.2) is 15.2 Å². The van der Waals surface area contributed by atoms with Crippen LogP contribution in [0.25, 0.3) is 0 Å². The molecule has 15 heavy (non-hydrogen) atoms. The molecular weight excluding hydrogens is 263 g/mol. The van der Waals surface area contributed by atoms with Crippen LogP contribution < -0.4 is 0 Å². The van der Waals surface area contributed by atoms with Crippen molar-refractivity contribution in [2.75, 3.05) is 6.79 Å². The molecule has 0 aliphatic rings. The minimum Gasteiger partial charge on any atom is -0.265 e. The SMILES string of the molecule is O=POCOS(=O)(=O)c1ccccc1Cl. The van der Waals surface area contributed by atoms with Gasteiger partial charge in [0.15, 0.2) is 6.79 Å². The zero-order chi connectivity index (χ0) is 11.3. The molecule has 0 atom stereocenters. The molecular formula is C7H6ClO5PS. The molecule has 0 heterocycles. The van der Waals surface area contributed by atoms with Crippen LogP contribution >= 0.6 is 20.3 Å². The molecule has 8 heteroatoms. The Morgan fingerprint density at radius 2 is 2.00 bits per heavy atom. The van der Waals surface area contributed by atoms with Gasteiger partial charge in [0.25, 0.3) is 0 Å². The Morgan fingerprint density at radius 3 is 2.60 bits per heavy atom. The lowest BCUT2D eigenvalue weighted by atomic mass is 10.4. The van der Waals surface area contributed by atoms with Crippen molar-refractivity contribution in [3.05, 3.63) is 29.3 Å². The molecule has 0 N–H and O–H groups in total. The minimum absolute atomic E-state index is 0.0529. The quantitative estimate of drug-likeness (QED) is 0.354. The fraction of sp³-hybridized carbons (Fsp3) is 0.143. The molecule has 0 bridgehead atoms. The Balaban J connectivity index is 2.87. The first-order chi connectivity index (χ1) is 7.08. The number of hydrogen-bond donors (Lipinski definition) is 0. The third kappa shape index (κ3) is 3.52. The van der Waals surface area contributed by atoms with Gasteiger partial charge in [0.2, 0.25) is 0 Å². The van der Waals surface area contributed by atoms with Crippen LogP contribution in [0.3, 0.4) is 0 Å². The maximum Gasteiger partial charge on any atom is 0.329 e. The summed E-state index contributed by atoms with van der Waals surface area (Å²) >= 11 is 5.66. The first-order valence-corrected chi connectivity index (χ1v) is 6.18. The average Bonchev–Trinajstić information content (AvgIpc) is 2.18. The van der Waals surface area contributed by atoms with E-state index < -0.39 is 25.6 Å². The fourth-order valence-corrected chi connectivity index (χ4v) is 2.26. The second kappa shape index (κ2) is 5.53. The zero-order valence-electron chi connectivity index (χ0n) is 7.29. The van der Waals surface area contributed by atoms with Crippen LogP contribution in [0.15, 0.2) is 29.2 Å². The first kappa shape index (κ1) is 12.5. The molecule has 0 amide bonds. The van der Waals surface area contributed by atoms with Gasteiger partial charge in [-0.25, -0.2) is 8.75 Å². The average molecular weight is 269 g/mol. The number of rotatable bonds is 5. The summed E-state index contributed by atoms with van der Waals surface area (Å²) in [5.74, 6) is 0. The van der Waals surface area contributed by atoms with E-state index in [2.05, 4.69) is 8.71 Å². The van der Waals surface area contributed by atoms with Crippen molar-refractivity contribution in [2.24, 2.45) is 0 Å². The summed E-state index contributed by atoms with van der Waals surface area (Å²) in [6.07, 6.45) is 0. The van der Waals surface area contributed by atoms with Gasteiger partial charge in [-0.1, -0.05) is 23.7 Å². The highest BCUT2D eigenvalue weighted by atomic mass is 35.5. The Morgan fingerprint density at radius 1 is 1.33 bits per heavy atom. The highest BCUT2D eigenvalue weighted by Gasteiger charge is 2.18. The molecule has 0 saturated carbocycles. The summed E-state index contributed by atoms with van der Waals surface area (Å²) in [4.78, 5) is -0.155. The predicted octanol–water partition coefficient (Wildman–Crippen LogP) is 2.23. The van der Waals surface area contributed by atoms with Crippen molar-refractivity contribution in [3.8, 4) is 0 Å². The van der Waals surface area contributed by atoms with E-state index in [1.807, 2.05) is 0 Å². The smallest absolute Gasteiger partial charge is 0.265 e.